The molecule has 2 N–H and O–H groups in total. The number of terminal acetylenes is 1. The zero-order valence-electron chi connectivity index (χ0n) is 8.92. The molecule has 15 heavy (non-hydrogen) atoms. The highest BCUT2D eigenvalue weighted by Crippen LogP contribution is 2.06. The van der Waals surface area contributed by atoms with Gasteiger partial charge in [-0.3, -0.25) is 4.79 Å². The highest BCUT2D eigenvalue weighted by molar-refractivity contribution is 5.77. The quantitative estimate of drug-likeness (QED) is 0.492. The van der Waals surface area contributed by atoms with E-state index in [2.05, 4.69) is 16.6 Å². The average molecular weight is 210 g/mol. The molecule has 0 unspecified atom stereocenters. The predicted octanol–water partition coefficient (Wildman–Crippen LogP) is -0.106. The standard InChI is InChI=1S/C11H18N2O2/c1-2-3-6-13-11(14)9-15-10-4-7-12-8-5-10/h1,10,12H,3-9H2,(H,13,14). The van der Waals surface area contributed by atoms with Crippen LogP contribution in [0.1, 0.15) is 19.3 Å². The van der Waals surface area contributed by atoms with E-state index in [4.69, 9.17) is 11.2 Å². The third-order valence-corrected chi connectivity index (χ3v) is 2.33. The molecule has 1 saturated heterocycles. The fourth-order valence-corrected chi connectivity index (χ4v) is 1.48. The van der Waals surface area contributed by atoms with E-state index in [9.17, 15) is 4.79 Å². The number of amides is 1. The van der Waals surface area contributed by atoms with Crippen LogP contribution in [0.25, 0.3) is 0 Å². The van der Waals surface area contributed by atoms with Gasteiger partial charge < -0.3 is 15.4 Å². The van der Waals surface area contributed by atoms with Crippen LogP contribution in [-0.4, -0.2) is 38.3 Å². The van der Waals surface area contributed by atoms with Crippen molar-refractivity contribution >= 4 is 5.91 Å². The molecule has 0 spiro atoms. The van der Waals surface area contributed by atoms with Gasteiger partial charge in [-0.15, -0.1) is 12.3 Å². The van der Waals surface area contributed by atoms with Crippen LogP contribution in [0.3, 0.4) is 0 Å². The SMILES string of the molecule is C#CCCNC(=O)COC1CCNCC1. The van der Waals surface area contributed by atoms with Crippen molar-refractivity contribution < 1.29 is 9.53 Å². The van der Waals surface area contributed by atoms with E-state index in [1.165, 1.54) is 0 Å². The molecule has 0 aromatic carbocycles. The number of piperidine rings is 1. The summed E-state index contributed by atoms with van der Waals surface area (Å²) in [6.07, 6.45) is 7.83. The van der Waals surface area contributed by atoms with Gasteiger partial charge in [0.2, 0.25) is 5.91 Å². The molecule has 0 aromatic heterocycles. The summed E-state index contributed by atoms with van der Waals surface area (Å²) in [5.41, 5.74) is 0. The smallest absolute Gasteiger partial charge is 0.246 e. The Morgan fingerprint density at radius 3 is 2.93 bits per heavy atom. The third kappa shape index (κ3) is 5.40. The van der Waals surface area contributed by atoms with Crippen molar-refractivity contribution in [2.24, 2.45) is 0 Å². The molecule has 0 aliphatic carbocycles. The van der Waals surface area contributed by atoms with Gasteiger partial charge in [-0.2, -0.15) is 0 Å². The number of carbonyl (C=O) groups excluding carboxylic acids is 1. The van der Waals surface area contributed by atoms with Crippen LogP contribution in [0, 0.1) is 12.3 Å². The van der Waals surface area contributed by atoms with E-state index < -0.39 is 0 Å². The number of ether oxygens (including phenoxy) is 1. The van der Waals surface area contributed by atoms with Gasteiger partial charge in [-0.25, -0.2) is 0 Å². The summed E-state index contributed by atoms with van der Waals surface area (Å²) < 4.78 is 5.47. The molecule has 0 radical (unpaired) electrons. The van der Waals surface area contributed by atoms with Crippen LogP contribution < -0.4 is 10.6 Å². The Hall–Kier alpha value is -1.05. The number of nitrogens with one attached hydrogen (secondary N) is 2. The number of hydrogen-bond donors (Lipinski definition) is 2. The van der Waals surface area contributed by atoms with Gasteiger partial charge in [-0.1, -0.05) is 0 Å². The topological polar surface area (TPSA) is 50.4 Å². The lowest BCUT2D eigenvalue weighted by Gasteiger charge is -2.22. The molecular weight excluding hydrogens is 192 g/mol. The largest absolute Gasteiger partial charge is 0.368 e. The monoisotopic (exact) mass is 210 g/mol. The summed E-state index contributed by atoms with van der Waals surface area (Å²) in [6, 6.07) is 0. The summed E-state index contributed by atoms with van der Waals surface area (Å²) in [4.78, 5) is 11.2. The van der Waals surface area contributed by atoms with Gasteiger partial charge in [0.1, 0.15) is 6.61 Å². The first kappa shape index (κ1) is 12.0. The van der Waals surface area contributed by atoms with Gasteiger partial charge in [0.05, 0.1) is 6.10 Å². The molecule has 84 valence electrons. The van der Waals surface area contributed by atoms with E-state index >= 15 is 0 Å². The Morgan fingerprint density at radius 1 is 1.53 bits per heavy atom. The van der Waals surface area contributed by atoms with E-state index in [1.54, 1.807) is 0 Å². The van der Waals surface area contributed by atoms with Gasteiger partial charge in [-0.05, 0) is 25.9 Å². The van der Waals surface area contributed by atoms with Crippen LogP contribution in [-0.2, 0) is 9.53 Å². The summed E-state index contributed by atoms with van der Waals surface area (Å²) in [6.45, 7) is 2.63. The molecule has 1 rings (SSSR count). The predicted molar refractivity (Wildman–Crippen MR) is 58.3 cm³/mol. The van der Waals surface area contributed by atoms with Crippen molar-refractivity contribution in [3.8, 4) is 12.3 Å². The van der Waals surface area contributed by atoms with Crippen molar-refractivity contribution in [2.45, 2.75) is 25.4 Å². The molecule has 4 heteroatoms. The minimum atomic E-state index is -0.0798. The second-order valence-electron chi connectivity index (χ2n) is 3.56. The summed E-state index contributed by atoms with van der Waals surface area (Å²) >= 11 is 0. The van der Waals surface area contributed by atoms with Crippen molar-refractivity contribution in [2.75, 3.05) is 26.2 Å². The van der Waals surface area contributed by atoms with Crippen molar-refractivity contribution in [3.05, 3.63) is 0 Å². The van der Waals surface area contributed by atoms with Crippen molar-refractivity contribution in [1.82, 2.24) is 10.6 Å². The Bertz CT molecular complexity index is 229. The van der Waals surface area contributed by atoms with Crippen molar-refractivity contribution in [3.63, 3.8) is 0 Å². The zero-order valence-corrected chi connectivity index (χ0v) is 8.92. The zero-order chi connectivity index (χ0) is 10.9. The summed E-state index contributed by atoms with van der Waals surface area (Å²) in [5.74, 6) is 2.38. The van der Waals surface area contributed by atoms with E-state index in [1.807, 2.05) is 0 Å². The van der Waals surface area contributed by atoms with Crippen molar-refractivity contribution in [1.29, 1.82) is 0 Å². The second kappa shape index (κ2) is 7.27. The maximum atomic E-state index is 11.2. The molecule has 1 heterocycles. The van der Waals surface area contributed by atoms with Crippen LogP contribution >= 0.6 is 0 Å². The molecule has 1 aliphatic rings. The maximum absolute atomic E-state index is 11.2. The fourth-order valence-electron chi connectivity index (χ4n) is 1.48. The lowest BCUT2D eigenvalue weighted by Crippen LogP contribution is -2.36. The van der Waals surface area contributed by atoms with Gasteiger partial charge >= 0.3 is 0 Å². The fraction of sp³-hybridized carbons (Fsp3) is 0.727. The lowest BCUT2D eigenvalue weighted by atomic mass is 10.1. The number of hydrogen-bond acceptors (Lipinski definition) is 3. The molecule has 1 amide bonds. The highest BCUT2D eigenvalue weighted by Gasteiger charge is 2.14. The van der Waals surface area contributed by atoms with E-state index in [-0.39, 0.29) is 18.6 Å². The van der Waals surface area contributed by atoms with Crippen LogP contribution in [0.5, 0.6) is 0 Å². The molecule has 1 aliphatic heterocycles. The normalized spacial score (nSPS) is 17.0. The van der Waals surface area contributed by atoms with E-state index in [0.717, 1.165) is 25.9 Å². The number of rotatable bonds is 5. The molecule has 0 aromatic rings. The lowest BCUT2D eigenvalue weighted by molar-refractivity contribution is -0.128. The molecule has 0 saturated carbocycles. The Kier molecular flexibility index (Phi) is 5.83. The van der Waals surface area contributed by atoms with Gasteiger partial charge in [0.25, 0.3) is 0 Å². The minimum Gasteiger partial charge on any atom is -0.368 e. The highest BCUT2D eigenvalue weighted by atomic mass is 16.5. The molecule has 4 nitrogen and oxygen atoms in total. The van der Waals surface area contributed by atoms with Gasteiger partial charge in [0.15, 0.2) is 0 Å². The molecular formula is C11H18N2O2. The van der Waals surface area contributed by atoms with Crippen LogP contribution in [0.15, 0.2) is 0 Å². The van der Waals surface area contributed by atoms with Crippen LogP contribution in [0.4, 0.5) is 0 Å². The Labute approximate surface area is 90.8 Å². The third-order valence-electron chi connectivity index (χ3n) is 2.33. The average Bonchev–Trinajstić information content (AvgIpc) is 2.28. The molecule has 0 bridgehead atoms. The van der Waals surface area contributed by atoms with E-state index in [0.29, 0.717) is 13.0 Å². The first-order valence-corrected chi connectivity index (χ1v) is 5.35. The van der Waals surface area contributed by atoms with Gasteiger partial charge in [0, 0.05) is 13.0 Å². The summed E-state index contributed by atoms with van der Waals surface area (Å²) in [7, 11) is 0. The second-order valence-corrected chi connectivity index (χ2v) is 3.56. The first-order valence-electron chi connectivity index (χ1n) is 5.35. The summed E-state index contributed by atoms with van der Waals surface area (Å²) in [5, 5.41) is 5.94. The molecule has 0 atom stereocenters. The molecule has 1 fully saturated rings. The number of carbonyl (C=O) groups is 1. The first-order chi connectivity index (χ1) is 7.33. The Balaban J connectivity index is 2.03. The van der Waals surface area contributed by atoms with Crippen LogP contribution in [0.2, 0.25) is 0 Å². The maximum Gasteiger partial charge on any atom is 0.246 e. The Morgan fingerprint density at radius 2 is 2.27 bits per heavy atom. The minimum absolute atomic E-state index is 0.0798.